The Balaban J connectivity index is 3.66. The molecule has 0 aromatic heterocycles. The Morgan fingerprint density at radius 2 is 1.58 bits per heavy atom. The van der Waals surface area contributed by atoms with E-state index in [9.17, 15) is 4.79 Å². The summed E-state index contributed by atoms with van der Waals surface area (Å²) in [4.78, 5) is 12.7. The Morgan fingerprint density at radius 1 is 1.04 bits per heavy atom. The van der Waals surface area contributed by atoms with Gasteiger partial charge in [0.05, 0.1) is 5.56 Å². The van der Waals surface area contributed by atoms with Gasteiger partial charge < -0.3 is 10.1 Å². The third kappa shape index (κ3) is 4.88. The third-order valence-electron chi connectivity index (χ3n) is 3.67. The number of anilines is 1. The summed E-state index contributed by atoms with van der Waals surface area (Å²) in [5.74, 6) is 3.06. The van der Waals surface area contributed by atoms with Gasteiger partial charge in [-0.2, -0.15) is 0 Å². The molecule has 0 saturated heterocycles. The monoisotopic (exact) mass is 345 g/mol. The van der Waals surface area contributed by atoms with Crippen LogP contribution in [0.5, 0.6) is 0 Å². The molecule has 3 nitrogen and oxygen atoms in total. The first kappa shape index (κ1) is 20.3. The number of ether oxygens (including phenoxy) is 1. The average molecular weight is 346 g/mol. The molecule has 0 atom stereocenters. The maximum Gasteiger partial charge on any atom is 0.339 e. The van der Waals surface area contributed by atoms with Gasteiger partial charge in [-0.25, -0.2) is 4.79 Å². The highest BCUT2D eigenvalue weighted by Crippen LogP contribution is 2.32. The van der Waals surface area contributed by atoms with Gasteiger partial charge in [0.2, 0.25) is 0 Å². The second-order valence-corrected chi connectivity index (χ2v) is 13.0. The molecular weight excluding hydrogens is 314 g/mol. The van der Waals surface area contributed by atoms with Gasteiger partial charge >= 0.3 is 5.97 Å². The summed E-state index contributed by atoms with van der Waals surface area (Å²) in [5.41, 5.74) is 8.33. The number of rotatable bonds is 2. The van der Waals surface area contributed by atoms with Crippen molar-refractivity contribution in [2.45, 2.75) is 66.8 Å². The van der Waals surface area contributed by atoms with Gasteiger partial charge in [-0.05, 0) is 58.2 Å². The number of esters is 1. The van der Waals surface area contributed by atoms with Crippen LogP contribution >= 0.6 is 0 Å². The first-order valence-corrected chi connectivity index (χ1v) is 11.9. The van der Waals surface area contributed by atoms with Crippen molar-refractivity contribution >= 4 is 19.7 Å². The molecular formula is C20H31NO2Si. The lowest BCUT2D eigenvalue weighted by molar-refractivity contribution is 0.00680. The molecule has 1 rings (SSSR count). The molecule has 1 N–H and O–H groups in total. The predicted molar refractivity (Wildman–Crippen MR) is 106 cm³/mol. The van der Waals surface area contributed by atoms with Crippen LogP contribution in [0.15, 0.2) is 0 Å². The van der Waals surface area contributed by atoms with E-state index < -0.39 is 13.7 Å². The van der Waals surface area contributed by atoms with E-state index in [-0.39, 0.29) is 5.97 Å². The molecule has 0 saturated carbocycles. The molecule has 0 amide bonds. The second kappa shape index (κ2) is 7.02. The fourth-order valence-corrected chi connectivity index (χ4v) is 3.17. The molecule has 132 valence electrons. The average Bonchev–Trinajstić information content (AvgIpc) is 2.35. The number of nitrogens with one attached hydrogen (secondary N) is 1. The van der Waals surface area contributed by atoms with Gasteiger partial charge in [0.1, 0.15) is 13.7 Å². The Bertz CT molecular complexity index is 711. The van der Waals surface area contributed by atoms with Crippen LogP contribution in [0, 0.1) is 32.2 Å². The summed E-state index contributed by atoms with van der Waals surface area (Å²) in [6, 6.07) is 0. The van der Waals surface area contributed by atoms with Gasteiger partial charge in [-0.3, -0.25) is 0 Å². The van der Waals surface area contributed by atoms with Crippen molar-refractivity contribution in [2.75, 3.05) is 12.4 Å². The fourth-order valence-electron chi connectivity index (χ4n) is 2.67. The Kier molecular flexibility index (Phi) is 5.94. The van der Waals surface area contributed by atoms with Crippen molar-refractivity contribution in [3.05, 3.63) is 27.8 Å². The summed E-state index contributed by atoms with van der Waals surface area (Å²) < 4.78 is 5.62. The van der Waals surface area contributed by atoms with Crippen molar-refractivity contribution < 1.29 is 9.53 Å². The molecule has 0 aliphatic rings. The summed E-state index contributed by atoms with van der Waals surface area (Å²) in [6.45, 7) is 18.3. The zero-order chi connectivity index (χ0) is 18.9. The van der Waals surface area contributed by atoms with Crippen LogP contribution in [0.1, 0.15) is 53.4 Å². The SMILES string of the molecule is CNc1c(C)c(C#C[Si](C)(C)C)c(C)c(C(=O)OC(C)(C)C)c1C. The molecule has 1 aromatic rings. The number of benzene rings is 1. The fraction of sp³-hybridized carbons (Fsp3) is 0.550. The summed E-state index contributed by atoms with van der Waals surface area (Å²) in [6.07, 6.45) is 0. The van der Waals surface area contributed by atoms with E-state index in [2.05, 4.69) is 43.3 Å². The van der Waals surface area contributed by atoms with E-state index in [0.29, 0.717) is 5.56 Å². The quantitative estimate of drug-likeness (QED) is 0.473. The second-order valence-electron chi connectivity index (χ2n) is 8.25. The van der Waals surface area contributed by atoms with Crippen LogP contribution in [0.3, 0.4) is 0 Å². The predicted octanol–water partition coefficient (Wildman–Crippen LogP) is 4.84. The lowest BCUT2D eigenvalue weighted by atomic mass is 9.91. The standard InChI is InChI=1S/C20H31NO2Si/c1-13-16(11-12-24(8,9)10)14(2)18(21-7)15(3)17(13)19(22)23-20(4,5)6/h21H,1-10H3. The van der Waals surface area contributed by atoms with Gasteiger partial charge in [0, 0.05) is 18.3 Å². The highest BCUT2D eigenvalue weighted by Gasteiger charge is 2.25. The van der Waals surface area contributed by atoms with Gasteiger partial charge in [0.15, 0.2) is 0 Å². The number of carbonyl (C=O) groups excluding carboxylic acids is 1. The molecule has 0 spiro atoms. The van der Waals surface area contributed by atoms with Crippen LogP contribution in [0.25, 0.3) is 0 Å². The van der Waals surface area contributed by atoms with Crippen molar-refractivity contribution in [3.63, 3.8) is 0 Å². The highest BCUT2D eigenvalue weighted by molar-refractivity contribution is 6.83. The van der Waals surface area contributed by atoms with Crippen LogP contribution < -0.4 is 5.32 Å². The molecule has 0 unspecified atom stereocenters. The number of hydrogen-bond acceptors (Lipinski definition) is 3. The van der Waals surface area contributed by atoms with Crippen LogP contribution in [-0.2, 0) is 4.74 Å². The van der Waals surface area contributed by atoms with Gasteiger partial charge in [-0.1, -0.05) is 25.6 Å². The first-order valence-electron chi connectivity index (χ1n) is 8.36. The minimum absolute atomic E-state index is 0.287. The molecule has 0 fully saturated rings. The highest BCUT2D eigenvalue weighted by atomic mass is 28.3. The summed E-state index contributed by atoms with van der Waals surface area (Å²) in [5, 5.41) is 3.22. The topological polar surface area (TPSA) is 38.3 Å². The lowest BCUT2D eigenvalue weighted by Gasteiger charge is -2.23. The third-order valence-corrected chi connectivity index (χ3v) is 4.54. The number of carbonyl (C=O) groups is 1. The lowest BCUT2D eigenvalue weighted by Crippen LogP contribution is -2.25. The molecule has 24 heavy (non-hydrogen) atoms. The van der Waals surface area contributed by atoms with E-state index >= 15 is 0 Å². The van der Waals surface area contributed by atoms with E-state index in [4.69, 9.17) is 4.74 Å². The minimum atomic E-state index is -1.51. The maximum atomic E-state index is 12.7. The molecule has 1 aromatic carbocycles. The van der Waals surface area contributed by atoms with Gasteiger partial charge in [-0.15, -0.1) is 5.54 Å². The number of hydrogen-bond donors (Lipinski definition) is 1. The normalized spacial score (nSPS) is 11.6. The summed E-state index contributed by atoms with van der Waals surface area (Å²) >= 11 is 0. The van der Waals surface area contributed by atoms with Crippen LogP contribution in [-0.4, -0.2) is 26.7 Å². The van der Waals surface area contributed by atoms with Crippen molar-refractivity contribution in [2.24, 2.45) is 0 Å². The zero-order valence-electron chi connectivity index (χ0n) is 16.8. The van der Waals surface area contributed by atoms with E-state index in [0.717, 1.165) is 27.9 Å². The van der Waals surface area contributed by atoms with Gasteiger partial charge in [0.25, 0.3) is 0 Å². The minimum Gasteiger partial charge on any atom is -0.456 e. The van der Waals surface area contributed by atoms with E-state index in [1.54, 1.807) is 0 Å². The Hall–Kier alpha value is -1.73. The van der Waals surface area contributed by atoms with E-state index in [1.165, 1.54) is 0 Å². The molecule has 0 heterocycles. The molecule has 0 aliphatic heterocycles. The van der Waals surface area contributed by atoms with E-state index in [1.807, 2.05) is 41.7 Å². The van der Waals surface area contributed by atoms with Crippen molar-refractivity contribution in [1.82, 2.24) is 0 Å². The van der Waals surface area contributed by atoms with Crippen LogP contribution in [0.4, 0.5) is 5.69 Å². The Morgan fingerprint density at radius 3 is 2.00 bits per heavy atom. The molecule has 0 bridgehead atoms. The Labute approximate surface area is 148 Å². The zero-order valence-corrected chi connectivity index (χ0v) is 17.8. The molecule has 0 radical (unpaired) electrons. The largest absolute Gasteiger partial charge is 0.456 e. The smallest absolute Gasteiger partial charge is 0.339 e. The molecule has 0 aliphatic carbocycles. The van der Waals surface area contributed by atoms with Crippen LogP contribution in [0.2, 0.25) is 19.6 Å². The summed E-state index contributed by atoms with van der Waals surface area (Å²) in [7, 11) is 0.367. The molecule has 4 heteroatoms. The maximum absolute atomic E-state index is 12.7. The van der Waals surface area contributed by atoms with Crippen molar-refractivity contribution in [1.29, 1.82) is 0 Å². The van der Waals surface area contributed by atoms with Crippen molar-refractivity contribution in [3.8, 4) is 11.5 Å². The first-order chi connectivity index (χ1) is 10.8.